The number of ketones is 1. The molecule has 0 unspecified atom stereocenters. The Bertz CT molecular complexity index is 233. The van der Waals surface area contributed by atoms with Gasteiger partial charge in [-0.15, -0.1) is 0 Å². The summed E-state index contributed by atoms with van der Waals surface area (Å²) < 4.78 is 4.09. The second kappa shape index (κ2) is 4.14. The molecule has 2 nitrogen and oxygen atoms in total. The number of nitrogens with zero attached hydrogens (tertiary/aromatic N) is 1. The SMILES string of the molecule is O=C1CSN=C1CC=C(Cl)Cl. The predicted molar refractivity (Wildman–Crippen MR) is 49.3 cm³/mol. The van der Waals surface area contributed by atoms with E-state index >= 15 is 0 Å². The van der Waals surface area contributed by atoms with E-state index in [1.165, 1.54) is 11.9 Å². The largest absolute Gasteiger partial charge is 0.292 e. The van der Waals surface area contributed by atoms with Crippen molar-refractivity contribution in [3.05, 3.63) is 10.6 Å². The molecule has 0 amide bonds. The lowest BCUT2D eigenvalue weighted by Gasteiger charge is -1.89. The maximum atomic E-state index is 10.9. The standard InChI is InChI=1S/C6H5Cl2NOS/c7-6(8)2-1-4-5(10)3-11-9-4/h2H,1,3H2. The van der Waals surface area contributed by atoms with Crippen LogP contribution in [0.15, 0.2) is 15.0 Å². The fraction of sp³-hybridized carbons (Fsp3) is 0.333. The molecular weight excluding hydrogens is 205 g/mol. The van der Waals surface area contributed by atoms with E-state index in [2.05, 4.69) is 4.40 Å². The average Bonchev–Trinajstić information content (AvgIpc) is 2.31. The molecule has 0 saturated heterocycles. The lowest BCUT2D eigenvalue weighted by molar-refractivity contribution is -0.110. The summed E-state index contributed by atoms with van der Waals surface area (Å²) in [4.78, 5) is 10.9. The molecule has 1 aliphatic rings. The zero-order valence-corrected chi connectivity index (χ0v) is 7.84. The number of carbonyl (C=O) groups is 1. The van der Waals surface area contributed by atoms with Crippen molar-refractivity contribution in [1.82, 2.24) is 0 Å². The first kappa shape index (κ1) is 9.10. The number of rotatable bonds is 2. The molecule has 11 heavy (non-hydrogen) atoms. The Morgan fingerprint density at radius 3 is 2.91 bits per heavy atom. The fourth-order valence-electron chi connectivity index (χ4n) is 0.628. The van der Waals surface area contributed by atoms with Crippen molar-refractivity contribution in [1.29, 1.82) is 0 Å². The summed E-state index contributed by atoms with van der Waals surface area (Å²) in [6.07, 6.45) is 2.00. The molecule has 60 valence electrons. The van der Waals surface area contributed by atoms with Gasteiger partial charge in [-0.2, -0.15) is 0 Å². The molecule has 0 aromatic carbocycles. The molecule has 0 aromatic heterocycles. The van der Waals surface area contributed by atoms with Gasteiger partial charge in [0.15, 0.2) is 5.78 Å². The number of hydrogen-bond donors (Lipinski definition) is 0. The van der Waals surface area contributed by atoms with E-state index in [0.717, 1.165) is 0 Å². The first-order chi connectivity index (χ1) is 5.20. The maximum Gasteiger partial charge on any atom is 0.189 e. The lowest BCUT2D eigenvalue weighted by atomic mass is 10.2. The number of hydrogen-bond acceptors (Lipinski definition) is 3. The van der Waals surface area contributed by atoms with Gasteiger partial charge in [-0.05, 0) is 18.0 Å². The van der Waals surface area contributed by atoms with Crippen LogP contribution >= 0.6 is 35.1 Å². The minimum Gasteiger partial charge on any atom is -0.292 e. The van der Waals surface area contributed by atoms with Gasteiger partial charge in [0, 0.05) is 6.42 Å². The van der Waals surface area contributed by atoms with Crippen molar-refractivity contribution in [3.63, 3.8) is 0 Å². The Hall–Kier alpha value is 0.01000. The normalized spacial score (nSPS) is 16.5. The predicted octanol–water partition coefficient (Wildman–Crippen LogP) is 2.37. The molecule has 1 rings (SSSR count). The summed E-state index contributed by atoms with van der Waals surface area (Å²) >= 11 is 12.0. The van der Waals surface area contributed by atoms with Gasteiger partial charge in [0.05, 0.1) is 11.5 Å². The Labute approximate surface area is 78.8 Å². The molecule has 5 heteroatoms. The van der Waals surface area contributed by atoms with Gasteiger partial charge in [0.2, 0.25) is 0 Å². The van der Waals surface area contributed by atoms with Crippen molar-refractivity contribution >= 4 is 46.6 Å². The van der Waals surface area contributed by atoms with E-state index in [1.807, 2.05) is 0 Å². The smallest absolute Gasteiger partial charge is 0.189 e. The Balaban J connectivity index is 2.50. The van der Waals surface area contributed by atoms with E-state index in [-0.39, 0.29) is 10.3 Å². The quantitative estimate of drug-likeness (QED) is 0.654. The van der Waals surface area contributed by atoms with Crippen LogP contribution in [0.3, 0.4) is 0 Å². The molecule has 0 bridgehead atoms. The van der Waals surface area contributed by atoms with E-state index in [4.69, 9.17) is 23.2 Å². The van der Waals surface area contributed by atoms with E-state index in [1.54, 1.807) is 6.08 Å². The first-order valence-corrected chi connectivity index (χ1v) is 4.63. The van der Waals surface area contributed by atoms with Gasteiger partial charge in [-0.3, -0.25) is 4.79 Å². The van der Waals surface area contributed by atoms with Gasteiger partial charge in [0.1, 0.15) is 4.49 Å². The van der Waals surface area contributed by atoms with Gasteiger partial charge in [0.25, 0.3) is 0 Å². The van der Waals surface area contributed by atoms with Crippen molar-refractivity contribution in [2.75, 3.05) is 5.75 Å². The minimum atomic E-state index is 0.0702. The molecule has 1 aliphatic heterocycles. The van der Waals surface area contributed by atoms with Gasteiger partial charge >= 0.3 is 0 Å². The molecule has 0 aromatic rings. The highest BCUT2D eigenvalue weighted by molar-refractivity contribution is 7.99. The molecule has 0 atom stereocenters. The molecular formula is C6H5Cl2NOS. The summed E-state index contributed by atoms with van der Waals surface area (Å²) in [6, 6.07) is 0. The van der Waals surface area contributed by atoms with Crippen molar-refractivity contribution in [3.8, 4) is 0 Å². The lowest BCUT2D eigenvalue weighted by Crippen LogP contribution is -2.09. The van der Waals surface area contributed by atoms with Gasteiger partial charge < -0.3 is 0 Å². The summed E-state index contributed by atoms with van der Waals surface area (Å²) in [5.41, 5.74) is 0.550. The van der Waals surface area contributed by atoms with Crippen LogP contribution in [0.1, 0.15) is 6.42 Å². The summed E-state index contributed by atoms with van der Waals surface area (Å²) in [7, 11) is 0. The topological polar surface area (TPSA) is 29.4 Å². The summed E-state index contributed by atoms with van der Waals surface area (Å²) in [5.74, 6) is 0.518. The van der Waals surface area contributed by atoms with Crippen molar-refractivity contribution in [2.45, 2.75) is 6.42 Å². The van der Waals surface area contributed by atoms with Crippen molar-refractivity contribution < 1.29 is 4.79 Å². The monoisotopic (exact) mass is 209 g/mol. The maximum absolute atomic E-state index is 10.9. The second-order valence-electron chi connectivity index (χ2n) is 1.93. The van der Waals surface area contributed by atoms with Gasteiger partial charge in [-0.25, -0.2) is 4.40 Å². The van der Waals surface area contributed by atoms with Crippen molar-refractivity contribution in [2.24, 2.45) is 4.40 Å². The van der Waals surface area contributed by atoms with Crippen LogP contribution in [0.25, 0.3) is 0 Å². The third-order valence-corrected chi connectivity index (χ3v) is 2.19. The summed E-state index contributed by atoms with van der Waals surface area (Å²) in [5, 5.41) is 0. The van der Waals surface area contributed by atoms with Crippen LogP contribution in [0.2, 0.25) is 0 Å². The van der Waals surface area contributed by atoms with E-state index in [9.17, 15) is 4.79 Å². The zero-order valence-electron chi connectivity index (χ0n) is 5.51. The van der Waals surface area contributed by atoms with Crippen LogP contribution in [0.4, 0.5) is 0 Å². The molecule has 0 aliphatic carbocycles. The number of carbonyl (C=O) groups excluding carboxylic acids is 1. The molecule has 0 radical (unpaired) electrons. The van der Waals surface area contributed by atoms with Crippen LogP contribution < -0.4 is 0 Å². The molecule has 0 N–H and O–H groups in total. The van der Waals surface area contributed by atoms with Crippen LogP contribution in [0.5, 0.6) is 0 Å². The molecule has 1 heterocycles. The Kier molecular flexibility index (Phi) is 3.43. The highest BCUT2D eigenvalue weighted by atomic mass is 35.5. The zero-order chi connectivity index (χ0) is 8.27. The van der Waals surface area contributed by atoms with Crippen LogP contribution in [-0.2, 0) is 4.79 Å². The van der Waals surface area contributed by atoms with Crippen LogP contribution in [0, 0.1) is 0 Å². The van der Waals surface area contributed by atoms with Crippen LogP contribution in [-0.4, -0.2) is 17.2 Å². The minimum absolute atomic E-state index is 0.0702. The third kappa shape index (κ3) is 2.85. The number of allylic oxidation sites excluding steroid dienone is 1. The molecule has 0 spiro atoms. The highest BCUT2D eigenvalue weighted by Crippen LogP contribution is 2.16. The Morgan fingerprint density at radius 1 is 1.73 bits per heavy atom. The molecule has 0 saturated carbocycles. The first-order valence-electron chi connectivity index (χ1n) is 2.93. The third-order valence-electron chi connectivity index (χ3n) is 1.14. The summed E-state index contributed by atoms with van der Waals surface area (Å²) in [6.45, 7) is 0. The second-order valence-corrected chi connectivity index (χ2v) is 3.67. The average molecular weight is 210 g/mol. The number of halogens is 2. The fourth-order valence-corrected chi connectivity index (χ4v) is 1.46. The van der Waals surface area contributed by atoms with Gasteiger partial charge in [-0.1, -0.05) is 23.2 Å². The Morgan fingerprint density at radius 2 is 2.45 bits per heavy atom. The highest BCUT2D eigenvalue weighted by Gasteiger charge is 2.16. The molecule has 0 fully saturated rings. The van der Waals surface area contributed by atoms with E-state index in [0.29, 0.717) is 17.9 Å². The van der Waals surface area contributed by atoms with E-state index < -0.39 is 0 Å². The number of Topliss-reactive ketones (excluding diaryl/α,β-unsaturated/α-hetero) is 1.